The van der Waals surface area contributed by atoms with Gasteiger partial charge in [-0.1, -0.05) is 17.8 Å². The summed E-state index contributed by atoms with van der Waals surface area (Å²) < 4.78 is 59.3. The fraction of sp³-hybridized carbons (Fsp3) is 0.214. The van der Waals surface area contributed by atoms with E-state index in [4.69, 9.17) is 4.74 Å². The number of rotatable bonds is 7. The lowest BCUT2D eigenvalue weighted by Gasteiger charge is -2.20. The molecular formula is C28H20F4N6O4S2. The first kappa shape index (κ1) is 29.5. The quantitative estimate of drug-likeness (QED) is 0.204. The molecule has 226 valence electrons. The molecule has 2 aliphatic rings. The van der Waals surface area contributed by atoms with Gasteiger partial charge in [0.25, 0.3) is 11.1 Å². The molecule has 6 rings (SSSR count). The summed E-state index contributed by atoms with van der Waals surface area (Å²) in [6.45, 7) is 0. The first-order valence-corrected chi connectivity index (χ1v) is 14.6. The number of amides is 3. The lowest BCUT2D eigenvalue weighted by atomic mass is 10.1. The second-order valence-electron chi connectivity index (χ2n) is 9.79. The molecule has 2 aromatic carbocycles. The molecule has 3 amide bonds. The summed E-state index contributed by atoms with van der Waals surface area (Å²) >= 11 is 2.06. The number of pyridine rings is 1. The Morgan fingerprint density at radius 2 is 1.86 bits per heavy atom. The Kier molecular flexibility index (Phi) is 7.71. The van der Waals surface area contributed by atoms with Gasteiger partial charge in [-0.05, 0) is 54.1 Å². The van der Waals surface area contributed by atoms with Gasteiger partial charge >= 0.3 is 6.18 Å². The van der Waals surface area contributed by atoms with Crippen LogP contribution >= 0.6 is 23.1 Å². The van der Waals surface area contributed by atoms with Crippen LogP contribution in [0.15, 0.2) is 65.9 Å². The zero-order valence-corrected chi connectivity index (χ0v) is 24.1. The molecule has 4 aromatic rings. The number of hydrazone groups is 1. The zero-order chi connectivity index (χ0) is 31.2. The van der Waals surface area contributed by atoms with Crippen LogP contribution in [-0.4, -0.2) is 56.5 Å². The number of alkyl halides is 3. The first-order valence-electron chi connectivity index (χ1n) is 12.9. The van der Waals surface area contributed by atoms with Gasteiger partial charge in [0.15, 0.2) is 12.3 Å². The third-order valence-electron chi connectivity index (χ3n) is 6.82. The predicted molar refractivity (Wildman–Crippen MR) is 154 cm³/mol. The van der Waals surface area contributed by atoms with Crippen LogP contribution in [0.5, 0.6) is 0 Å². The number of aromatic nitrogens is 2. The average Bonchev–Trinajstić information content (AvgIpc) is 3.67. The predicted octanol–water partition coefficient (Wildman–Crippen LogP) is 5.33. The lowest BCUT2D eigenvalue weighted by Crippen LogP contribution is -2.36. The van der Waals surface area contributed by atoms with E-state index in [1.54, 1.807) is 25.2 Å². The summed E-state index contributed by atoms with van der Waals surface area (Å²) in [4.78, 5) is 45.4. The number of benzene rings is 2. The van der Waals surface area contributed by atoms with Gasteiger partial charge in [0.1, 0.15) is 5.01 Å². The average molecular weight is 645 g/mol. The van der Waals surface area contributed by atoms with Gasteiger partial charge in [-0.2, -0.15) is 17.6 Å². The monoisotopic (exact) mass is 644 g/mol. The third-order valence-corrected chi connectivity index (χ3v) is 8.91. The van der Waals surface area contributed by atoms with Gasteiger partial charge in [0, 0.05) is 30.8 Å². The van der Waals surface area contributed by atoms with E-state index in [0.717, 1.165) is 46.3 Å². The molecular weight excluding hydrogens is 624 g/mol. The second kappa shape index (κ2) is 11.5. The number of imide groups is 1. The molecule has 2 aromatic heterocycles. The standard InChI is InChI=1S/C28H20F4N6O4S2/c1-38-21(11-19-24(40)36-27(41)44-19)42-25(37-38)22(35-23(39)13-2-6-16(7-3-13)28(30,31)32)26-34-17-8-4-14(10-18(17)43-26)15-5-9-20(29)33-12-15/h2-10,12,19,21-22H,11H2,1H3,(H,35,39)(H,36,40,41). The summed E-state index contributed by atoms with van der Waals surface area (Å²) in [6, 6.07) is 10.9. The summed E-state index contributed by atoms with van der Waals surface area (Å²) in [5.74, 6) is -1.72. The minimum atomic E-state index is -4.56. The maximum atomic E-state index is 13.3. The van der Waals surface area contributed by atoms with Crippen LogP contribution in [0.3, 0.4) is 0 Å². The van der Waals surface area contributed by atoms with Gasteiger partial charge in [0.2, 0.25) is 17.8 Å². The van der Waals surface area contributed by atoms with E-state index in [1.165, 1.54) is 28.6 Å². The molecule has 2 aliphatic heterocycles. The fourth-order valence-corrected chi connectivity index (χ4v) is 6.46. The van der Waals surface area contributed by atoms with Gasteiger partial charge in [-0.25, -0.2) is 9.97 Å². The van der Waals surface area contributed by atoms with E-state index < -0.39 is 52.3 Å². The van der Waals surface area contributed by atoms with Crippen LogP contribution in [0.4, 0.5) is 22.4 Å². The number of nitrogens with zero attached hydrogens (tertiary/aromatic N) is 4. The maximum absolute atomic E-state index is 13.3. The zero-order valence-electron chi connectivity index (χ0n) is 22.5. The number of hydrogen-bond donors (Lipinski definition) is 2. The molecule has 44 heavy (non-hydrogen) atoms. The van der Waals surface area contributed by atoms with Gasteiger partial charge in [-0.15, -0.1) is 16.4 Å². The summed E-state index contributed by atoms with van der Waals surface area (Å²) in [5.41, 5.74) is 1.08. The lowest BCUT2D eigenvalue weighted by molar-refractivity contribution is -0.137. The van der Waals surface area contributed by atoms with E-state index in [1.807, 2.05) is 6.07 Å². The van der Waals surface area contributed by atoms with Crippen LogP contribution in [0.2, 0.25) is 0 Å². The number of carbonyl (C=O) groups excluding carboxylic acids is 3. The summed E-state index contributed by atoms with van der Waals surface area (Å²) in [6.07, 6.45) is -3.80. The Labute approximate surface area is 254 Å². The highest BCUT2D eigenvalue weighted by molar-refractivity contribution is 8.15. The molecule has 10 nitrogen and oxygen atoms in total. The molecule has 1 fully saturated rings. The van der Waals surface area contributed by atoms with Gasteiger partial charge in [0.05, 0.1) is 21.0 Å². The fourth-order valence-electron chi connectivity index (χ4n) is 4.56. The summed E-state index contributed by atoms with van der Waals surface area (Å²) in [7, 11) is 1.60. The van der Waals surface area contributed by atoms with E-state index in [-0.39, 0.29) is 17.9 Å². The third kappa shape index (κ3) is 6.07. The largest absolute Gasteiger partial charge is 0.452 e. The minimum absolute atomic E-state index is 0.0313. The van der Waals surface area contributed by atoms with Crippen molar-refractivity contribution in [3.63, 3.8) is 0 Å². The van der Waals surface area contributed by atoms with Gasteiger partial charge in [-0.3, -0.25) is 24.7 Å². The Morgan fingerprint density at radius 1 is 1.11 bits per heavy atom. The van der Waals surface area contributed by atoms with Crippen LogP contribution in [0, 0.1) is 5.95 Å². The number of halogens is 4. The number of fused-ring (bicyclic) bond motifs is 1. The van der Waals surface area contributed by atoms with Crippen LogP contribution in [0.25, 0.3) is 21.3 Å². The van der Waals surface area contributed by atoms with Crippen molar-refractivity contribution in [2.24, 2.45) is 5.10 Å². The number of thioether (sulfide) groups is 1. The van der Waals surface area contributed by atoms with E-state index in [0.29, 0.717) is 16.1 Å². The molecule has 2 N–H and O–H groups in total. The molecule has 0 saturated carbocycles. The Hall–Kier alpha value is -4.57. The molecule has 0 radical (unpaired) electrons. The topological polar surface area (TPSA) is 126 Å². The van der Waals surface area contributed by atoms with Crippen molar-refractivity contribution in [3.05, 3.63) is 82.9 Å². The molecule has 3 atom stereocenters. The smallest absolute Gasteiger partial charge is 0.416 e. The number of carbonyl (C=O) groups is 3. The molecule has 0 spiro atoms. The van der Waals surface area contributed by atoms with E-state index in [2.05, 4.69) is 25.7 Å². The van der Waals surface area contributed by atoms with Crippen LogP contribution in [-0.2, 0) is 15.7 Å². The molecule has 3 unspecified atom stereocenters. The molecule has 0 bridgehead atoms. The van der Waals surface area contributed by atoms with Crippen molar-refractivity contribution in [3.8, 4) is 11.1 Å². The van der Waals surface area contributed by atoms with Crippen molar-refractivity contribution in [1.29, 1.82) is 0 Å². The Bertz CT molecular complexity index is 1800. The van der Waals surface area contributed by atoms with E-state index in [9.17, 15) is 31.9 Å². The second-order valence-corrected chi connectivity index (χ2v) is 12.0. The maximum Gasteiger partial charge on any atom is 0.416 e. The Balaban J connectivity index is 1.30. The first-order chi connectivity index (χ1) is 20.9. The highest BCUT2D eigenvalue weighted by Gasteiger charge is 2.40. The van der Waals surface area contributed by atoms with Crippen LogP contribution < -0.4 is 10.6 Å². The van der Waals surface area contributed by atoms with Crippen LogP contribution in [0.1, 0.15) is 33.4 Å². The van der Waals surface area contributed by atoms with E-state index >= 15 is 0 Å². The molecule has 0 aliphatic carbocycles. The number of thiazole rings is 1. The van der Waals surface area contributed by atoms with Crippen molar-refractivity contribution in [2.45, 2.75) is 30.1 Å². The molecule has 16 heteroatoms. The SMILES string of the molecule is CN1N=C(C(NC(=O)c2ccc(C(F)(F)F)cc2)c2nc3ccc(-c4ccc(F)nc4)cc3s2)OC1CC1SC(=O)NC1=O. The molecule has 1 saturated heterocycles. The number of nitrogens with one attached hydrogen (secondary N) is 2. The van der Waals surface area contributed by atoms with Gasteiger partial charge < -0.3 is 10.1 Å². The Morgan fingerprint density at radius 3 is 2.52 bits per heavy atom. The minimum Gasteiger partial charge on any atom is -0.452 e. The van der Waals surface area contributed by atoms with Crippen molar-refractivity contribution in [2.75, 3.05) is 7.05 Å². The number of ether oxygens (including phenoxy) is 1. The normalized spacial score (nSPS) is 19.1. The highest BCUT2D eigenvalue weighted by Crippen LogP contribution is 2.35. The summed E-state index contributed by atoms with van der Waals surface area (Å²) in [5, 5.41) is 10.1. The van der Waals surface area contributed by atoms with Crippen molar-refractivity contribution >= 4 is 56.3 Å². The highest BCUT2D eigenvalue weighted by atomic mass is 32.2. The van der Waals surface area contributed by atoms with Crippen molar-refractivity contribution < 1.29 is 36.7 Å². The number of hydrogen-bond acceptors (Lipinski definition) is 10. The van der Waals surface area contributed by atoms with Crippen molar-refractivity contribution in [1.82, 2.24) is 25.6 Å². The molecule has 4 heterocycles.